The van der Waals surface area contributed by atoms with Crippen LogP contribution in [-0.4, -0.2) is 18.5 Å². The lowest BCUT2D eigenvalue weighted by atomic mass is 9.86. The third-order valence-electron chi connectivity index (χ3n) is 3.18. The molecule has 0 aliphatic heterocycles. The maximum atomic E-state index is 5.18. The van der Waals surface area contributed by atoms with Crippen molar-refractivity contribution >= 4 is 15.9 Å². The molecule has 1 rings (SSSR count). The lowest BCUT2D eigenvalue weighted by Crippen LogP contribution is -2.21. The molecular weight excluding hydrogens is 216 g/mol. The molecule has 1 aliphatic carbocycles. The van der Waals surface area contributed by atoms with Crippen molar-refractivity contribution in [2.45, 2.75) is 31.5 Å². The van der Waals surface area contributed by atoms with Crippen molar-refractivity contribution < 1.29 is 4.74 Å². The van der Waals surface area contributed by atoms with Crippen LogP contribution in [0.2, 0.25) is 0 Å². The molecule has 0 N–H and O–H groups in total. The van der Waals surface area contributed by atoms with Crippen LogP contribution in [0.15, 0.2) is 0 Å². The van der Waals surface area contributed by atoms with Gasteiger partial charge >= 0.3 is 0 Å². The SMILES string of the molecule is COCC(C)C1CCC(Br)C1C. The minimum atomic E-state index is 0.715. The summed E-state index contributed by atoms with van der Waals surface area (Å²) in [4.78, 5) is 0.738. The van der Waals surface area contributed by atoms with E-state index in [0.717, 1.165) is 23.3 Å². The topological polar surface area (TPSA) is 9.23 Å². The highest BCUT2D eigenvalue weighted by Gasteiger charge is 2.34. The van der Waals surface area contributed by atoms with E-state index in [4.69, 9.17) is 4.74 Å². The zero-order valence-corrected chi connectivity index (χ0v) is 9.80. The lowest BCUT2D eigenvalue weighted by molar-refractivity contribution is 0.119. The molecule has 4 unspecified atom stereocenters. The first-order chi connectivity index (χ1) is 5.66. The van der Waals surface area contributed by atoms with E-state index in [1.165, 1.54) is 12.8 Å². The molecule has 0 spiro atoms. The summed E-state index contributed by atoms with van der Waals surface area (Å²) in [5, 5.41) is 0. The molecule has 0 aromatic heterocycles. The molecule has 1 nitrogen and oxygen atoms in total. The average molecular weight is 235 g/mol. The number of hydrogen-bond acceptors (Lipinski definition) is 1. The second-order valence-corrected chi connectivity index (χ2v) is 5.23. The van der Waals surface area contributed by atoms with E-state index < -0.39 is 0 Å². The van der Waals surface area contributed by atoms with Gasteiger partial charge in [-0.25, -0.2) is 0 Å². The van der Waals surface area contributed by atoms with Gasteiger partial charge < -0.3 is 4.74 Å². The number of methoxy groups -OCH3 is 1. The standard InChI is InChI=1S/C10H19BrO/c1-7(6-12-3)9-4-5-10(11)8(9)2/h7-10H,4-6H2,1-3H3. The predicted octanol–water partition coefficient (Wildman–Crippen LogP) is 3.08. The second-order valence-electron chi connectivity index (χ2n) is 4.05. The molecule has 0 saturated heterocycles. The minimum absolute atomic E-state index is 0.715. The fourth-order valence-corrected chi connectivity index (χ4v) is 2.99. The van der Waals surface area contributed by atoms with E-state index in [-0.39, 0.29) is 0 Å². The predicted molar refractivity (Wildman–Crippen MR) is 55.6 cm³/mol. The Hall–Kier alpha value is 0.440. The molecule has 0 bridgehead atoms. The van der Waals surface area contributed by atoms with Gasteiger partial charge in [-0.3, -0.25) is 0 Å². The Morgan fingerprint density at radius 3 is 2.58 bits per heavy atom. The number of rotatable bonds is 3. The number of halogens is 1. The van der Waals surface area contributed by atoms with Crippen LogP contribution < -0.4 is 0 Å². The fourth-order valence-electron chi connectivity index (χ4n) is 2.33. The molecule has 1 fully saturated rings. The molecule has 0 aromatic rings. The highest BCUT2D eigenvalue weighted by atomic mass is 79.9. The summed E-state index contributed by atoms with van der Waals surface area (Å²) in [5.41, 5.74) is 0. The summed E-state index contributed by atoms with van der Waals surface area (Å²) in [5.74, 6) is 2.39. The molecule has 1 saturated carbocycles. The average Bonchev–Trinajstić information content (AvgIpc) is 2.34. The summed E-state index contributed by atoms with van der Waals surface area (Å²) in [6.07, 6.45) is 2.70. The van der Waals surface area contributed by atoms with Crippen molar-refractivity contribution in [1.29, 1.82) is 0 Å². The van der Waals surface area contributed by atoms with Gasteiger partial charge in [0.1, 0.15) is 0 Å². The van der Waals surface area contributed by atoms with E-state index in [2.05, 4.69) is 29.8 Å². The normalized spacial score (nSPS) is 38.5. The maximum Gasteiger partial charge on any atom is 0.0490 e. The summed E-state index contributed by atoms with van der Waals surface area (Å²) >= 11 is 3.72. The van der Waals surface area contributed by atoms with Crippen LogP contribution in [-0.2, 0) is 4.74 Å². The van der Waals surface area contributed by atoms with Gasteiger partial charge in [0.05, 0.1) is 0 Å². The largest absolute Gasteiger partial charge is 0.384 e. The van der Waals surface area contributed by atoms with Crippen LogP contribution in [0.5, 0.6) is 0 Å². The summed E-state index contributed by atoms with van der Waals surface area (Å²) in [7, 11) is 1.79. The molecule has 4 atom stereocenters. The Bertz CT molecular complexity index is 138. The number of alkyl halides is 1. The molecular formula is C10H19BrO. The van der Waals surface area contributed by atoms with Crippen molar-refractivity contribution in [3.63, 3.8) is 0 Å². The van der Waals surface area contributed by atoms with Gasteiger partial charge in [-0.15, -0.1) is 0 Å². The second kappa shape index (κ2) is 4.61. The minimum Gasteiger partial charge on any atom is -0.384 e. The zero-order valence-electron chi connectivity index (χ0n) is 8.22. The number of ether oxygens (including phenoxy) is 1. The quantitative estimate of drug-likeness (QED) is 0.683. The molecule has 12 heavy (non-hydrogen) atoms. The van der Waals surface area contributed by atoms with Crippen molar-refractivity contribution in [3.8, 4) is 0 Å². The first-order valence-electron chi connectivity index (χ1n) is 4.79. The van der Waals surface area contributed by atoms with Crippen LogP contribution in [0.25, 0.3) is 0 Å². The molecule has 72 valence electrons. The third-order valence-corrected chi connectivity index (χ3v) is 4.47. The molecule has 0 aromatic carbocycles. The Morgan fingerprint density at radius 1 is 1.50 bits per heavy atom. The Balaban J connectivity index is 2.41. The molecule has 1 aliphatic rings. The van der Waals surface area contributed by atoms with Gasteiger partial charge in [0.25, 0.3) is 0 Å². The fraction of sp³-hybridized carbons (Fsp3) is 1.00. The Kier molecular flexibility index (Phi) is 4.04. The molecule has 0 amide bonds. The molecule has 0 radical (unpaired) electrons. The highest BCUT2D eigenvalue weighted by Crippen LogP contribution is 2.40. The maximum absolute atomic E-state index is 5.18. The van der Waals surface area contributed by atoms with Crippen molar-refractivity contribution in [1.82, 2.24) is 0 Å². The summed E-state index contributed by atoms with van der Waals surface area (Å²) in [6, 6.07) is 0. The molecule has 0 heterocycles. The van der Waals surface area contributed by atoms with Crippen LogP contribution in [0.4, 0.5) is 0 Å². The first kappa shape index (κ1) is 10.5. The summed E-state index contributed by atoms with van der Waals surface area (Å²) in [6.45, 7) is 5.56. The van der Waals surface area contributed by atoms with E-state index in [9.17, 15) is 0 Å². The van der Waals surface area contributed by atoms with Gasteiger partial charge in [0, 0.05) is 18.5 Å². The van der Waals surface area contributed by atoms with Gasteiger partial charge in [-0.05, 0) is 30.6 Å². The number of hydrogen-bond donors (Lipinski definition) is 0. The third kappa shape index (κ3) is 2.23. The highest BCUT2D eigenvalue weighted by molar-refractivity contribution is 9.09. The van der Waals surface area contributed by atoms with Crippen LogP contribution in [0.3, 0.4) is 0 Å². The van der Waals surface area contributed by atoms with Crippen molar-refractivity contribution in [3.05, 3.63) is 0 Å². The van der Waals surface area contributed by atoms with E-state index in [0.29, 0.717) is 5.92 Å². The van der Waals surface area contributed by atoms with Crippen LogP contribution in [0.1, 0.15) is 26.7 Å². The van der Waals surface area contributed by atoms with Gasteiger partial charge in [0.15, 0.2) is 0 Å². The van der Waals surface area contributed by atoms with Gasteiger partial charge in [-0.1, -0.05) is 29.8 Å². The lowest BCUT2D eigenvalue weighted by Gasteiger charge is -2.23. The smallest absolute Gasteiger partial charge is 0.0490 e. The van der Waals surface area contributed by atoms with E-state index >= 15 is 0 Å². The van der Waals surface area contributed by atoms with Crippen molar-refractivity contribution in [2.24, 2.45) is 17.8 Å². The van der Waals surface area contributed by atoms with E-state index in [1.54, 1.807) is 7.11 Å². The zero-order chi connectivity index (χ0) is 9.14. The monoisotopic (exact) mass is 234 g/mol. The van der Waals surface area contributed by atoms with Crippen LogP contribution in [0, 0.1) is 17.8 Å². The van der Waals surface area contributed by atoms with Gasteiger partial charge in [-0.2, -0.15) is 0 Å². The molecule has 2 heteroatoms. The van der Waals surface area contributed by atoms with E-state index in [1.807, 2.05) is 0 Å². The summed E-state index contributed by atoms with van der Waals surface area (Å²) < 4.78 is 5.18. The van der Waals surface area contributed by atoms with Gasteiger partial charge in [0.2, 0.25) is 0 Å². The Morgan fingerprint density at radius 2 is 2.17 bits per heavy atom. The Labute approximate surface area is 84.0 Å². The van der Waals surface area contributed by atoms with Crippen molar-refractivity contribution in [2.75, 3.05) is 13.7 Å². The van der Waals surface area contributed by atoms with Crippen LogP contribution >= 0.6 is 15.9 Å². The first-order valence-corrected chi connectivity index (χ1v) is 5.71.